The molecule has 9 nitrogen and oxygen atoms in total. The van der Waals surface area contributed by atoms with E-state index >= 15 is 0 Å². The van der Waals surface area contributed by atoms with Gasteiger partial charge in [0.2, 0.25) is 5.88 Å². The van der Waals surface area contributed by atoms with E-state index in [-0.39, 0.29) is 23.1 Å². The number of hydrogen-bond acceptors (Lipinski definition) is 7. The fourth-order valence-corrected chi connectivity index (χ4v) is 5.83. The second kappa shape index (κ2) is 9.28. The molecule has 1 aliphatic carbocycles. The number of rotatable bonds is 4. The summed E-state index contributed by atoms with van der Waals surface area (Å²) in [5, 5.41) is 6.32. The molecule has 0 bridgehead atoms. The third-order valence-corrected chi connectivity index (χ3v) is 8.55. The van der Waals surface area contributed by atoms with Crippen LogP contribution in [0.5, 0.6) is 5.88 Å². The number of nitrogens with zero attached hydrogens (tertiary/aromatic N) is 4. The van der Waals surface area contributed by atoms with Crippen molar-refractivity contribution in [3.63, 3.8) is 0 Å². The average molecular weight is 521 g/mol. The fourth-order valence-electron chi connectivity index (χ4n) is 5.31. The number of aryl methyl sites for hydroxylation is 1. The van der Waals surface area contributed by atoms with E-state index in [1.54, 1.807) is 38.3 Å². The van der Waals surface area contributed by atoms with Crippen LogP contribution < -0.4 is 20.9 Å². The Labute approximate surface area is 213 Å². The van der Waals surface area contributed by atoms with Crippen molar-refractivity contribution in [3.8, 4) is 5.88 Å². The molecule has 5 rings (SSSR count). The Morgan fingerprint density at radius 1 is 1.31 bits per heavy atom. The van der Waals surface area contributed by atoms with Crippen molar-refractivity contribution in [1.82, 2.24) is 19.7 Å². The molecule has 3 N–H and O–H groups in total. The van der Waals surface area contributed by atoms with E-state index < -0.39 is 11.5 Å². The highest BCUT2D eigenvalue weighted by molar-refractivity contribution is 6.40. The molecule has 4 atom stereocenters. The van der Waals surface area contributed by atoms with E-state index in [4.69, 9.17) is 43.4 Å². The summed E-state index contributed by atoms with van der Waals surface area (Å²) in [4.78, 5) is 20.5. The van der Waals surface area contributed by atoms with E-state index in [1.807, 2.05) is 6.92 Å². The molecule has 11 heteroatoms. The summed E-state index contributed by atoms with van der Waals surface area (Å²) in [5.74, 6) is 1.66. The van der Waals surface area contributed by atoms with Gasteiger partial charge in [-0.25, -0.2) is 4.98 Å². The summed E-state index contributed by atoms with van der Waals surface area (Å²) >= 11 is 13.3. The zero-order chi connectivity index (χ0) is 24.9. The van der Waals surface area contributed by atoms with Gasteiger partial charge < -0.3 is 20.1 Å². The summed E-state index contributed by atoms with van der Waals surface area (Å²) in [5.41, 5.74) is 7.36. The molecule has 2 fully saturated rings. The number of alkyl halides is 1. The molecule has 2 saturated heterocycles. The number of halogens is 2. The molecule has 2 aromatic heterocycles. The number of anilines is 1. The SMILES string of the molecule is Cc1c(N2CCC3(CC2)CO[C@@H](C)[C@H]3N)nc(C)n(C2=C(Cl)[C@H](Cl)[C@H](Oc3cc[nH]n3)C=C2)c1=O. The van der Waals surface area contributed by atoms with Gasteiger partial charge in [-0.2, -0.15) is 0 Å². The average Bonchev–Trinajstić information content (AvgIpc) is 3.46. The number of piperidine rings is 1. The first-order valence-corrected chi connectivity index (χ1v) is 12.6. The third kappa shape index (κ3) is 4.18. The van der Waals surface area contributed by atoms with Crippen LogP contribution in [0.1, 0.15) is 31.2 Å². The standard InChI is InChI=1S/C24H30Cl2N6O3/c1-13-22(31-10-7-24(8-11-31)12-34-14(2)21(24)27)29-15(3)32(23(13)33)16-4-5-17(20(26)19(16)25)35-18-6-9-28-30-18/h4-6,9,14,17,20-21H,7-8,10-12,27H2,1-3H3,(H,28,30)/t14-,17+,20+,21+/m0/s1. The Morgan fingerprint density at radius 3 is 2.69 bits per heavy atom. The largest absolute Gasteiger partial charge is 0.467 e. The maximum absolute atomic E-state index is 13.5. The second-order valence-electron chi connectivity index (χ2n) is 9.63. The highest BCUT2D eigenvalue weighted by Crippen LogP contribution is 2.42. The smallest absolute Gasteiger partial charge is 0.263 e. The lowest BCUT2D eigenvalue weighted by Gasteiger charge is -2.42. The first-order chi connectivity index (χ1) is 16.7. The van der Waals surface area contributed by atoms with Crippen LogP contribution in [0.15, 0.2) is 34.2 Å². The van der Waals surface area contributed by atoms with Crippen molar-refractivity contribution in [2.45, 2.75) is 57.2 Å². The molecule has 2 aromatic rings. The minimum Gasteiger partial charge on any atom is -0.467 e. The van der Waals surface area contributed by atoms with Crippen molar-refractivity contribution in [2.24, 2.45) is 11.1 Å². The highest BCUT2D eigenvalue weighted by atomic mass is 35.5. The fraction of sp³-hybridized carbons (Fsp3) is 0.542. The number of nitrogens with two attached hydrogens (primary N) is 1. The number of allylic oxidation sites excluding steroid dienone is 2. The van der Waals surface area contributed by atoms with Gasteiger partial charge in [-0.3, -0.25) is 14.5 Å². The van der Waals surface area contributed by atoms with Gasteiger partial charge in [0.25, 0.3) is 5.56 Å². The highest BCUT2D eigenvalue weighted by Gasteiger charge is 2.47. The molecule has 188 valence electrons. The van der Waals surface area contributed by atoms with Crippen LogP contribution in [0.25, 0.3) is 5.70 Å². The molecule has 0 saturated carbocycles. The summed E-state index contributed by atoms with van der Waals surface area (Å²) in [7, 11) is 0. The number of hydrogen-bond donors (Lipinski definition) is 2. The van der Waals surface area contributed by atoms with E-state index in [9.17, 15) is 4.79 Å². The van der Waals surface area contributed by atoms with Gasteiger partial charge in [0.15, 0.2) is 0 Å². The van der Waals surface area contributed by atoms with Gasteiger partial charge in [-0.15, -0.1) is 16.7 Å². The maximum atomic E-state index is 13.5. The van der Waals surface area contributed by atoms with Crippen LogP contribution in [0.4, 0.5) is 5.82 Å². The van der Waals surface area contributed by atoms with Crippen LogP contribution in [0.3, 0.4) is 0 Å². The second-order valence-corrected chi connectivity index (χ2v) is 10.5. The molecule has 0 unspecified atom stereocenters. The summed E-state index contributed by atoms with van der Waals surface area (Å²) in [6.07, 6.45) is 6.56. The van der Waals surface area contributed by atoms with Crippen molar-refractivity contribution in [3.05, 3.63) is 51.2 Å². The normalized spacial score (nSPS) is 28.2. The number of aromatic amines is 1. The maximum Gasteiger partial charge on any atom is 0.263 e. The van der Waals surface area contributed by atoms with E-state index in [1.165, 1.54) is 4.57 Å². The molecular weight excluding hydrogens is 491 g/mol. The van der Waals surface area contributed by atoms with Gasteiger partial charge >= 0.3 is 0 Å². The van der Waals surface area contributed by atoms with Crippen LogP contribution >= 0.6 is 23.2 Å². The Kier molecular flexibility index (Phi) is 6.46. The van der Waals surface area contributed by atoms with Crippen LogP contribution in [-0.4, -0.2) is 63.1 Å². The summed E-state index contributed by atoms with van der Waals surface area (Å²) in [6, 6.07) is 1.73. The molecule has 0 aromatic carbocycles. The first kappa shape index (κ1) is 24.4. The molecule has 4 heterocycles. The van der Waals surface area contributed by atoms with Gasteiger partial charge in [0.05, 0.1) is 29.0 Å². The van der Waals surface area contributed by atoms with Crippen molar-refractivity contribution in [2.75, 3.05) is 24.6 Å². The number of ether oxygens (including phenoxy) is 2. The van der Waals surface area contributed by atoms with Gasteiger partial charge in [0, 0.05) is 36.8 Å². The minimum atomic E-state index is -0.682. The molecule has 0 radical (unpaired) electrons. The predicted octanol–water partition coefficient (Wildman–Crippen LogP) is 2.95. The summed E-state index contributed by atoms with van der Waals surface area (Å²) in [6.45, 7) is 7.90. The van der Waals surface area contributed by atoms with Crippen LogP contribution in [0.2, 0.25) is 0 Å². The lowest BCUT2D eigenvalue weighted by Crippen LogP contribution is -2.51. The molecule has 35 heavy (non-hydrogen) atoms. The van der Waals surface area contributed by atoms with Crippen molar-refractivity contribution in [1.29, 1.82) is 0 Å². The van der Waals surface area contributed by atoms with Crippen LogP contribution in [-0.2, 0) is 4.74 Å². The molecule has 2 aliphatic heterocycles. The predicted molar refractivity (Wildman–Crippen MR) is 136 cm³/mol. The van der Waals surface area contributed by atoms with Crippen LogP contribution in [0, 0.1) is 19.3 Å². The Morgan fingerprint density at radius 2 is 2.06 bits per heavy atom. The lowest BCUT2D eigenvalue weighted by molar-refractivity contribution is 0.0974. The van der Waals surface area contributed by atoms with Crippen molar-refractivity contribution >= 4 is 34.7 Å². The van der Waals surface area contributed by atoms with Crippen molar-refractivity contribution < 1.29 is 9.47 Å². The Hall–Kier alpha value is -2.33. The number of H-pyrrole nitrogens is 1. The van der Waals surface area contributed by atoms with E-state index in [2.05, 4.69) is 15.1 Å². The van der Waals surface area contributed by atoms with E-state index in [0.717, 1.165) is 25.9 Å². The molecular formula is C24H30Cl2N6O3. The monoisotopic (exact) mass is 520 g/mol. The molecule has 1 spiro atoms. The lowest BCUT2D eigenvalue weighted by atomic mass is 9.73. The Balaban J connectivity index is 1.39. The van der Waals surface area contributed by atoms with Gasteiger partial charge in [0.1, 0.15) is 23.1 Å². The minimum absolute atomic E-state index is 0.00295. The molecule has 0 amide bonds. The number of nitrogens with one attached hydrogen (secondary N) is 1. The Bertz CT molecular complexity index is 1220. The summed E-state index contributed by atoms with van der Waals surface area (Å²) < 4.78 is 13.1. The molecule has 3 aliphatic rings. The third-order valence-electron chi connectivity index (χ3n) is 7.55. The number of aromatic nitrogens is 4. The first-order valence-electron chi connectivity index (χ1n) is 11.8. The topological polar surface area (TPSA) is 111 Å². The van der Waals surface area contributed by atoms with Gasteiger partial charge in [-0.1, -0.05) is 11.6 Å². The zero-order valence-corrected chi connectivity index (χ0v) is 21.5. The van der Waals surface area contributed by atoms with Gasteiger partial charge in [-0.05, 0) is 45.8 Å². The zero-order valence-electron chi connectivity index (χ0n) is 20.0. The van der Waals surface area contributed by atoms with E-state index in [0.29, 0.717) is 40.4 Å². The quantitative estimate of drug-likeness (QED) is 0.596.